The third-order valence-corrected chi connectivity index (χ3v) is 4.34. The van der Waals surface area contributed by atoms with E-state index in [1.165, 1.54) is 5.56 Å². The van der Waals surface area contributed by atoms with Gasteiger partial charge in [-0.25, -0.2) is 0 Å². The minimum Gasteiger partial charge on any atom is -0.345 e. The molecule has 1 heterocycles. The molecule has 2 aromatic rings. The number of hydrogen-bond acceptors (Lipinski definition) is 3. The summed E-state index contributed by atoms with van der Waals surface area (Å²) in [4.78, 5) is 11.5. The van der Waals surface area contributed by atoms with Crippen LogP contribution in [0.15, 0.2) is 60.7 Å². The van der Waals surface area contributed by atoms with E-state index >= 15 is 0 Å². The summed E-state index contributed by atoms with van der Waals surface area (Å²) in [5.41, 5.74) is 2.32. The molecular formula is C21H24O3. The van der Waals surface area contributed by atoms with Gasteiger partial charge < -0.3 is 9.47 Å². The number of aryl methyl sites for hydroxylation is 1. The first kappa shape index (κ1) is 16.9. The Bertz CT molecular complexity index is 639. The number of benzene rings is 2. The lowest BCUT2D eigenvalue weighted by Crippen LogP contribution is -2.35. The van der Waals surface area contributed by atoms with Crippen LogP contribution in [-0.4, -0.2) is 18.0 Å². The molecule has 1 saturated heterocycles. The maximum absolute atomic E-state index is 11.5. The first-order valence-electron chi connectivity index (χ1n) is 8.60. The smallest absolute Gasteiger partial charge is 0.184 e. The van der Waals surface area contributed by atoms with Crippen molar-refractivity contribution in [1.82, 2.24) is 0 Å². The summed E-state index contributed by atoms with van der Waals surface area (Å²) in [6.45, 7) is 1.62. The fraction of sp³-hybridized carbons (Fsp3) is 0.381. The van der Waals surface area contributed by atoms with Gasteiger partial charge in [-0.2, -0.15) is 0 Å². The summed E-state index contributed by atoms with van der Waals surface area (Å²) >= 11 is 0. The van der Waals surface area contributed by atoms with Crippen molar-refractivity contribution in [3.05, 3.63) is 71.8 Å². The van der Waals surface area contributed by atoms with Crippen LogP contribution in [0.25, 0.3) is 0 Å². The zero-order valence-electron chi connectivity index (χ0n) is 14.1. The van der Waals surface area contributed by atoms with Gasteiger partial charge in [0.15, 0.2) is 6.29 Å². The van der Waals surface area contributed by atoms with E-state index in [1.807, 2.05) is 36.4 Å². The van der Waals surface area contributed by atoms with Gasteiger partial charge in [0, 0.05) is 18.4 Å². The first-order valence-corrected chi connectivity index (χ1v) is 8.60. The SMILES string of the molecule is CC(=O)C[C@@H]1C[C@H](CCc2ccccc2)O[C@H](c2ccccc2)O1. The second-order valence-corrected chi connectivity index (χ2v) is 6.42. The second-order valence-electron chi connectivity index (χ2n) is 6.42. The summed E-state index contributed by atoms with van der Waals surface area (Å²) in [5.74, 6) is 0.163. The minimum absolute atomic E-state index is 0.0674. The van der Waals surface area contributed by atoms with Gasteiger partial charge in [0.1, 0.15) is 5.78 Å². The fourth-order valence-corrected chi connectivity index (χ4v) is 3.16. The molecule has 3 atom stereocenters. The molecule has 0 aromatic heterocycles. The molecule has 2 aromatic carbocycles. The zero-order valence-corrected chi connectivity index (χ0v) is 14.1. The van der Waals surface area contributed by atoms with Crippen LogP contribution in [0.1, 0.15) is 43.6 Å². The Kier molecular flexibility index (Phi) is 5.78. The Balaban J connectivity index is 1.67. The summed E-state index contributed by atoms with van der Waals surface area (Å²) < 4.78 is 12.2. The highest BCUT2D eigenvalue weighted by molar-refractivity contribution is 5.76. The average Bonchev–Trinajstić information content (AvgIpc) is 2.61. The molecule has 1 fully saturated rings. The van der Waals surface area contributed by atoms with Gasteiger partial charge in [0.05, 0.1) is 12.2 Å². The van der Waals surface area contributed by atoms with E-state index in [9.17, 15) is 4.79 Å². The molecule has 24 heavy (non-hydrogen) atoms. The van der Waals surface area contributed by atoms with Crippen molar-refractivity contribution in [1.29, 1.82) is 0 Å². The quantitative estimate of drug-likeness (QED) is 0.786. The van der Waals surface area contributed by atoms with Gasteiger partial charge in [-0.05, 0) is 25.3 Å². The fourth-order valence-electron chi connectivity index (χ4n) is 3.16. The highest BCUT2D eigenvalue weighted by Gasteiger charge is 2.31. The number of ketones is 1. The molecule has 0 unspecified atom stereocenters. The van der Waals surface area contributed by atoms with Crippen LogP contribution >= 0.6 is 0 Å². The summed E-state index contributed by atoms with van der Waals surface area (Å²) in [6.07, 6.45) is 2.79. The largest absolute Gasteiger partial charge is 0.345 e. The van der Waals surface area contributed by atoms with Crippen molar-refractivity contribution in [2.75, 3.05) is 0 Å². The maximum Gasteiger partial charge on any atom is 0.184 e. The van der Waals surface area contributed by atoms with Crippen molar-refractivity contribution < 1.29 is 14.3 Å². The Labute approximate surface area is 143 Å². The van der Waals surface area contributed by atoms with Crippen molar-refractivity contribution in [3.8, 4) is 0 Å². The maximum atomic E-state index is 11.5. The molecule has 3 heteroatoms. The third-order valence-electron chi connectivity index (χ3n) is 4.34. The molecule has 1 aliphatic heterocycles. The number of hydrogen-bond donors (Lipinski definition) is 0. The van der Waals surface area contributed by atoms with Crippen LogP contribution in [0.3, 0.4) is 0 Å². The van der Waals surface area contributed by atoms with Crippen molar-refractivity contribution in [2.45, 2.75) is 51.1 Å². The number of carbonyl (C=O) groups is 1. The summed E-state index contributed by atoms with van der Waals surface area (Å²) in [5, 5.41) is 0. The second kappa shape index (κ2) is 8.22. The Morgan fingerprint density at radius 3 is 2.25 bits per heavy atom. The monoisotopic (exact) mass is 324 g/mol. The zero-order chi connectivity index (χ0) is 16.8. The molecule has 0 radical (unpaired) electrons. The molecule has 1 aliphatic rings. The first-order chi connectivity index (χ1) is 11.7. The lowest BCUT2D eigenvalue weighted by Gasteiger charge is -2.36. The van der Waals surface area contributed by atoms with Gasteiger partial charge >= 0.3 is 0 Å². The predicted octanol–water partition coefficient (Wildman–Crippen LogP) is 4.47. The number of ether oxygens (including phenoxy) is 2. The number of Topliss-reactive ketones (excluding diaryl/α,β-unsaturated/α-hetero) is 1. The van der Waals surface area contributed by atoms with E-state index in [1.54, 1.807) is 6.92 Å². The van der Waals surface area contributed by atoms with E-state index in [0.717, 1.165) is 24.8 Å². The number of rotatable bonds is 6. The van der Waals surface area contributed by atoms with Crippen molar-refractivity contribution >= 4 is 5.78 Å². The topological polar surface area (TPSA) is 35.5 Å². The van der Waals surface area contributed by atoms with Crippen LogP contribution in [0.5, 0.6) is 0 Å². The van der Waals surface area contributed by atoms with Crippen LogP contribution in [0.2, 0.25) is 0 Å². The Morgan fingerprint density at radius 1 is 0.958 bits per heavy atom. The summed E-state index contributed by atoms with van der Waals surface area (Å²) in [7, 11) is 0. The Morgan fingerprint density at radius 2 is 1.58 bits per heavy atom. The van der Waals surface area contributed by atoms with Gasteiger partial charge in [-0.3, -0.25) is 4.79 Å². The molecule has 0 spiro atoms. The van der Waals surface area contributed by atoms with Gasteiger partial charge in [0.25, 0.3) is 0 Å². The molecule has 0 amide bonds. The minimum atomic E-state index is -0.384. The molecule has 126 valence electrons. The molecular weight excluding hydrogens is 300 g/mol. The van der Waals surface area contributed by atoms with E-state index in [4.69, 9.17) is 9.47 Å². The van der Waals surface area contributed by atoms with Crippen LogP contribution in [0.4, 0.5) is 0 Å². The van der Waals surface area contributed by atoms with Gasteiger partial charge in [-0.15, -0.1) is 0 Å². The lowest BCUT2D eigenvalue weighted by atomic mass is 9.99. The van der Waals surface area contributed by atoms with Crippen molar-refractivity contribution in [3.63, 3.8) is 0 Å². The van der Waals surface area contributed by atoms with Crippen LogP contribution in [0, 0.1) is 0 Å². The van der Waals surface area contributed by atoms with E-state index in [0.29, 0.717) is 6.42 Å². The van der Waals surface area contributed by atoms with Crippen LogP contribution < -0.4 is 0 Å². The number of carbonyl (C=O) groups excluding carboxylic acids is 1. The van der Waals surface area contributed by atoms with Crippen LogP contribution in [-0.2, 0) is 20.7 Å². The molecule has 0 saturated carbocycles. The van der Waals surface area contributed by atoms with Crippen molar-refractivity contribution in [2.24, 2.45) is 0 Å². The predicted molar refractivity (Wildman–Crippen MR) is 93.6 cm³/mol. The van der Waals surface area contributed by atoms with E-state index < -0.39 is 0 Å². The molecule has 0 bridgehead atoms. The summed E-state index contributed by atoms with van der Waals surface area (Å²) in [6, 6.07) is 20.4. The molecule has 3 nitrogen and oxygen atoms in total. The van der Waals surface area contributed by atoms with E-state index in [2.05, 4.69) is 24.3 Å². The lowest BCUT2D eigenvalue weighted by molar-refractivity contribution is -0.248. The normalized spacial score (nSPS) is 23.8. The highest BCUT2D eigenvalue weighted by atomic mass is 16.7. The van der Waals surface area contributed by atoms with E-state index in [-0.39, 0.29) is 24.3 Å². The third kappa shape index (κ3) is 4.76. The van der Waals surface area contributed by atoms with Gasteiger partial charge in [-0.1, -0.05) is 60.7 Å². The highest BCUT2D eigenvalue weighted by Crippen LogP contribution is 2.32. The van der Waals surface area contributed by atoms with Gasteiger partial charge in [0.2, 0.25) is 0 Å². The average molecular weight is 324 g/mol. The Hall–Kier alpha value is -1.97. The molecule has 0 aliphatic carbocycles. The molecule has 3 rings (SSSR count). The standard InChI is InChI=1S/C21H24O3/c1-16(22)14-20-15-19(13-12-17-8-4-2-5-9-17)23-21(24-20)18-10-6-3-7-11-18/h2-11,19-21H,12-15H2,1H3/t19-,20+,21-/m0/s1. The molecule has 0 N–H and O–H groups in total.